The number of benzene rings is 2. The smallest absolute Gasteiger partial charge is 0.416 e. The molecular formula is C18H13F3N2O2S. The Balaban J connectivity index is 1.55. The second-order valence-corrected chi connectivity index (χ2v) is 6.16. The normalized spacial score (nSPS) is 11.2. The Morgan fingerprint density at radius 3 is 2.35 bits per heavy atom. The molecule has 0 saturated heterocycles. The molecule has 0 aliphatic carbocycles. The second kappa shape index (κ2) is 7.57. The van der Waals surface area contributed by atoms with E-state index in [0.717, 1.165) is 29.8 Å². The summed E-state index contributed by atoms with van der Waals surface area (Å²) >= 11 is 1.38. The molecule has 0 unspecified atom stereocenters. The number of halogens is 3. The standard InChI is InChI=1S/C18H13F3N2O2S/c19-18(20,21)14-5-3-13(4-6-14)16(24)23-11-12-1-7-15(8-2-12)25-17-22-9-10-26-17/h1-10H,11H2,(H,23,24). The van der Waals surface area contributed by atoms with E-state index in [1.165, 1.54) is 11.3 Å². The highest BCUT2D eigenvalue weighted by Crippen LogP contribution is 2.29. The van der Waals surface area contributed by atoms with E-state index < -0.39 is 17.6 Å². The van der Waals surface area contributed by atoms with Gasteiger partial charge in [-0.1, -0.05) is 23.5 Å². The number of amides is 1. The number of hydrogen-bond acceptors (Lipinski definition) is 4. The van der Waals surface area contributed by atoms with Crippen LogP contribution in [0.3, 0.4) is 0 Å². The molecule has 0 bridgehead atoms. The number of carbonyl (C=O) groups excluding carboxylic acids is 1. The maximum atomic E-state index is 12.5. The van der Waals surface area contributed by atoms with Crippen molar-refractivity contribution < 1.29 is 22.7 Å². The number of carbonyl (C=O) groups is 1. The van der Waals surface area contributed by atoms with Gasteiger partial charge in [0.2, 0.25) is 0 Å². The molecule has 0 atom stereocenters. The molecule has 2 aromatic carbocycles. The summed E-state index contributed by atoms with van der Waals surface area (Å²) in [5.74, 6) is 0.180. The summed E-state index contributed by atoms with van der Waals surface area (Å²) in [7, 11) is 0. The Morgan fingerprint density at radius 2 is 1.77 bits per heavy atom. The number of hydrogen-bond donors (Lipinski definition) is 1. The van der Waals surface area contributed by atoms with Crippen molar-refractivity contribution in [2.24, 2.45) is 0 Å². The zero-order valence-electron chi connectivity index (χ0n) is 13.3. The van der Waals surface area contributed by atoms with Gasteiger partial charge in [-0.15, -0.1) is 0 Å². The highest BCUT2D eigenvalue weighted by Gasteiger charge is 2.30. The lowest BCUT2D eigenvalue weighted by atomic mass is 10.1. The largest absolute Gasteiger partial charge is 0.431 e. The first kappa shape index (κ1) is 17.9. The zero-order chi connectivity index (χ0) is 18.6. The van der Waals surface area contributed by atoms with E-state index in [2.05, 4.69) is 10.3 Å². The quantitative estimate of drug-likeness (QED) is 0.688. The van der Waals surface area contributed by atoms with Gasteiger partial charge in [0.1, 0.15) is 5.75 Å². The van der Waals surface area contributed by atoms with Crippen molar-refractivity contribution >= 4 is 17.2 Å². The molecule has 0 radical (unpaired) electrons. The summed E-state index contributed by atoms with van der Waals surface area (Å²) in [6, 6.07) is 11.2. The maximum Gasteiger partial charge on any atom is 0.416 e. The average Bonchev–Trinajstić information content (AvgIpc) is 3.13. The number of nitrogens with zero attached hydrogens (tertiary/aromatic N) is 1. The van der Waals surface area contributed by atoms with Gasteiger partial charge in [0.15, 0.2) is 0 Å². The van der Waals surface area contributed by atoms with Gasteiger partial charge in [0.25, 0.3) is 11.1 Å². The van der Waals surface area contributed by atoms with Crippen LogP contribution in [0.25, 0.3) is 0 Å². The van der Waals surface area contributed by atoms with Crippen LogP contribution in [0.4, 0.5) is 13.2 Å². The summed E-state index contributed by atoms with van der Waals surface area (Å²) in [6.45, 7) is 0.247. The molecule has 1 aromatic heterocycles. The molecule has 1 amide bonds. The summed E-state index contributed by atoms with van der Waals surface area (Å²) in [4.78, 5) is 16.1. The van der Waals surface area contributed by atoms with Gasteiger partial charge in [0, 0.05) is 23.7 Å². The maximum absolute atomic E-state index is 12.5. The number of aromatic nitrogens is 1. The molecule has 0 spiro atoms. The lowest BCUT2D eigenvalue weighted by molar-refractivity contribution is -0.137. The zero-order valence-corrected chi connectivity index (χ0v) is 14.1. The molecule has 1 heterocycles. The summed E-state index contributed by atoms with van der Waals surface area (Å²) < 4.78 is 43.1. The fraction of sp³-hybridized carbons (Fsp3) is 0.111. The molecule has 0 saturated carbocycles. The van der Waals surface area contributed by atoms with E-state index in [1.54, 1.807) is 35.8 Å². The lowest BCUT2D eigenvalue weighted by Crippen LogP contribution is -2.22. The molecule has 3 aromatic rings. The van der Waals surface area contributed by atoms with Crippen molar-refractivity contribution in [3.63, 3.8) is 0 Å². The first-order valence-electron chi connectivity index (χ1n) is 7.53. The van der Waals surface area contributed by atoms with Gasteiger partial charge in [-0.25, -0.2) is 4.98 Å². The summed E-state index contributed by atoms with van der Waals surface area (Å²) in [5, 5.41) is 5.01. The molecule has 8 heteroatoms. The van der Waals surface area contributed by atoms with Crippen LogP contribution in [0.15, 0.2) is 60.1 Å². The minimum atomic E-state index is -4.42. The van der Waals surface area contributed by atoms with Crippen molar-refractivity contribution in [2.75, 3.05) is 0 Å². The summed E-state index contributed by atoms with van der Waals surface area (Å²) in [6.07, 6.45) is -2.78. The number of rotatable bonds is 5. The first-order chi connectivity index (χ1) is 12.4. The van der Waals surface area contributed by atoms with E-state index in [9.17, 15) is 18.0 Å². The van der Waals surface area contributed by atoms with E-state index in [4.69, 9.17) is 4.74 Å². The van der Waals surface area contributed by atoms with Crippen molar-refractivity contribution in [3.8, 4) is 10.9 Å². The van der Waals surface area contributed by atoms with E-state index >= 15 is 0 Å². The van der Waals surface area contributed by atoms with Gasteiger partial charge < -0.3 is 10.1 Å². The van der Waals surface area contributed by atoms with Gasteiger partial charge in [-0.3, -0.25) is 4.79 Å². The van der Waals surface area contributed by atoms with Gasteiger partial charge >= 0.3 is 6.18 Å². The second-order valence-electron chi connectivity index (χ2n) is 5.30. The summed E-state index contributed by atoms with van der Waals surface area (Å²) in [5.41, 5.74) is 0.211. The van der Waals surface area contributed by atoms with Crippen LogP contribution in [-0.2, 0) is 12.7 Å². The fourth-order valence-electron chi connectivity index (χ4n) is 2.13. The van der Waals surface area contributed by atoms with Crippen LogP contribution in [0, 0.1) is 0 Å². The van der Waals surface area contributed by atoms with Crippen LogP contribution in [-0.4, -0.2) is 10.9 Å². The highest BCUT2D eigenvalue weighted by atomic mass is 32.1. The lowest BCUT2D eigenvalue weighted by Gasteiger charge is -2.09. The van der Waals surface area contributed by atoms with Crippen molar-refractivity contribution in [2.45, 2.75) is 12.7 Å². The molecule has 26 heavy (non-hydrogen) atoms. The first-order valence-corrected chi connectivity index (χ1v) is 8.41. The Kier molecular flexibility index (Phi) is 5.22. The topological polar surface area (TPSA) is 51.2 Å². The third-order valence-electron chi connectivity index (χ3n) is 3.47. The van der Waals surface area contributed by atoms with Gasteiger partial charge in [0.05, 0.1) is 5.56 Å². The highest BCUT2D eigenvalue weighted by molar-refractivity contribution is 7.11. The van der Waals surface area contributed by atoms with Crippen LogP contribution in [0.1, 0.15) is 21.5 Å². The molecule has 0 fully saturated rings. The Labute approximate surface area is 151 Å². The van der Waals surface area contributed by atoms with E-state index in [1.807, 2.05) is 0 Å². The monoisotopic (exact) mass is 378 g/mol. The number of ether oxygens (including phenoxy) is 1. The Hall–Kier alpha value is -2.87. The molecule has 4 nitrogen and oxygen atoms in total. The van der Waals surface area contributed by atoms with Crippen molar-refractivity contribution in [1.29, 1.82) is 0 Å². The molecule has 0 aliphatic heterocycles. The third-order valence-corrected chi connectivity index (χ3v) is 4.11. The van der Waals surface area contributed by atoms with E-state index in [-0.39, 0.29) is 12.1 Å². The predicted molar refractivity (Wildman–Crippen MR) is 91.2 cm³/mol. The van der Waals surface area contributed by atoms with Crippen molar-refractivity contribution in [3.05, 3.63) is 76.8 Å². The van der Waals surface area contributed by atoms with Crippen LogP contribution >= 0.6 is 11.3 Å². The van der Waals surface area contributed by atoms with Crippen LogP contribution < -0.4 is 10.1 Å². The molecule has 134 valence electrons. The average molecular weight is 378 g/mol. The molecule has 1 N–H and O–H groups in total. The van der Waals surface area contributed by atoms with E-state index in [0.29, 0.717) is 10.9 Å². The minimum absolute atomic E-state index is 0.168. The van der Waals surface area contributed by atoms with Crippen LogP contribution in [0.2, 0.25) is 0 Å². The van der Waals surface area contributed by atoms with Gasteiger partial charge in [-0.2, -0.15) is 13.2 Å². The molecule has 0 aliphatic rings. The molecular weight excluding hydrogens is 365 g/mol. The van der Waals surface area contributed by atoms with Crippen LogP contribution in [0.5, 0.6) is 10.9 Å². The Bertz CT molecular complexity index is 861. The van der Waals surface area contributed by atoms with Gasteiger partial charge in [-0.05, 0) is 42.0 Å². The number of thiazole rings is 1. The Morgan fingerprint density at radius 1 is 1.08 bits per heavy atom. The van der Waals surface area contributed by atoms with Crippen molar-refractivity contribution in [1.82, 2.24) is 10.3 Å². The fourth-order valence-corrected chi connectivity index (χ4v) is 2.64. The minimum Gasteiger partial charge on any atom is -0.431 e. The number of alkyl halides is 3. The number of nitrogens with one attached hydrogen (secondary N) is 1. The predicted octanol–water partition coefficient (Wildman–Crippen LogP) is 4.88. The SMILES string of the molecule is O=C(NCc1ccc(Oc2nccs2)cc1)c1ccc(C(F)(F)F)cc1. The third kappa shape index (κ3) is 4.60. The molecule has 3 rings (SSSR count).